The van der Waals surface area contributed by atoms with Crippen LogP contribution in [0.5, 0.6) is 0 Å². The van der Waals surface area contributed by atoms with Gasteiger partial charge < -0.3 is 16.4 Å². The Hall–Kier alpha value is -3.54. The number of nitrogens with zero attached hydrogens (tertiary/aromatic N) is 1. The number of carbonyl (C=O) groups excluding carboxylic acids is 3. The van der Waals surface area contributed by atoms with Gasteiger partial charge in [0.2, 0.25) is 23.9 Å². The molecule has 13 heteroatoms. The van der Waals surface area contributed by atoms with Gasteiger partial charge in [0.15, 0.2) is 0 Å². The number of halogens is 6. The van der Waals surface area contributed by atoms with Crippen molar-refractivity contribution in [1.82, 2.24) is 5.32 Å². The Balaban J connectivity index is 0.000000575. The minimum atomic E-state index is -4.52. The third-order valence-corrected chi connectivity index (χ3v) is 6.80. The van der Waals surface area contributed by atoms with E-state index in [1.54, 1.807) is 30.3 Å². The number of primary amides is 1. The van der Waals surface area contributed by atoms with Gasteiger partial charge in [-0.05, 0) is 31.4 Å². The van der Waals surface area contributed by atoms with Gasteiger partial charge in [-0.15, -0.1) is 0 Å². The van der Waals surface area contributed by atoms with Crippen LogP contribution in [-0.2, 0) is 14.4 Å². The predicted octanol–water partition coefficient (Wildman–Crippen LogP) is 5.77. The molecule has 2 aliphatic rings. The number of rotatable bonds is 7. The van der Waals surface area contributed by atoms with Crippen LogP contribution in [0.25, 0.3) is 0 Å². The van der Waals surface area contributed by atoms with Crippen LogP contribution in [0.4, 0.5) is 27.6 Å². The number of hydrogen-bond donors (Lipinski definition) is 3. The Morgan fingerprint density at radius 2 is 1.85 bits per heavy atom. The van der Waals surface area contributed by atoms with E-state index in [0.717, 1.165) is 5.56 Å². The Morgan fingerprint density at radius 3 is 2.39 bits per heavy atom. The number of alkyl halides is 5. The molecule has 1 aliphatic carbocycles. The maximum atomic E-state index is 12.9. The molecule has 0 aromatic heterocycles. The first-order valence-corrected chi connectivity index (χ1v) is 13.2. The molecule has 0 spiro atoms. The van der Waals surface area contributed by atoms with Crippen molar-refractivity contribution in [3.8, 4) is 0 Å². The fraction of sp³-hybridized carbons (Fsp3) is 0.429. The fourth-order valence-electron chi connectivity index (χ4n) is 4.54. The van der Waals surface area contributed by atoms with E-state index in [2.05, 4.69) is 15.6 Å². The zero-order valence-electron chi connectivity index (χ0n) is 22.3. The molecule has 2 aromatic carbocycles. The van der Waals surface area contributed by atoms with Crippen molar-refractivity contribution < 1.29 is 36.3 Å². The summed E-state index contributed by atoms with van der Waals surface area (Å²) >= 11 is 6.29. The molecule has 7 nitrogen and oxygen atoms in total. The number of anilines is 1. The van der Waals surface area contributed by atoms with Crippen LogP contribution in [0.2, 0.25) is 5.02 Å². The second kappa shape index (κ2) is 13.0. The summed E-state index contributed by atoms with van der Waals surface area (Å²) in [6, 6.07) is 12.2. The average Bonchev–Trinajstić information content (AvgIpc) is 2.97. The van der Waals surface area contributed by atoms with Crippen LogP contribution in [0.15, 0.2) is 47.5 Å². The lowest BCUT2D eigenvalue weighted by molar-refractivity contribution is -0.143. The molecule has 0 bridgehead atoms. The molecular formula is C28H30ClF5N4O3. The topological polar surface area (TPSA) is 114 Å². The summed E-state index contributed by atoms with van der Waals surface area (Å²) in [6.45, 7) is 3.72. The highest BCUT2D eigenvalue weighted by molar-refractivity contribution is 6.36. The van der Waals surface area contributed by atoms with Crippen LogP contribution in [0.1, 0.15) is 55.7 Å². The Labute approximate surface area is 238 Å². The van der Waals surface area contributed by atoms with Gasteiger partial charge in [0.1, 0.15) is 0 Å². The van der Waals surface area contributed by atoms with Crippen molar-refractivity contribution in [3.63, 3.8) is 0 Å². The standard InChI is InChI=1S/C23H22ClF3N4O3.C5H8F2/c1-12-4-2-5-13(10-12)18-15-6-3-7-16(24)19(15)30-22(34)20(29-18)31-21(33)14(11-17(28)32)8-9-23(25,26)27;1-4-2-5(6,7)3-4/h2-7,10,14,20H,8-9,11H2,1H3,(H2,28,32)(H,30,34)(H,31,33);4H,2-3H2,1H3. The third kappa shape index (κ3) is 9.24. The van der Waals surface area contributed by atoms with E-state index in [1.807, 2.05) is 26.0 Å². The molecule has 2 unspecified atom stereocenters. The van der Waals surface area contributed by atoms with Gasteiger partial charge in [-0.2, -0.15) is 13.2 Å². The van der Waals surface area contributed by atoms with E-state index in [9.17, 15) is 36.3 Å². The quantitative estimate of drug-likeness (QED) is 0.351. The number of carbonyl (C=O) groups is 3. The van der Waals surface area contributed by atoms with E-state index in [0.29, 0.717) is 16.8 Å². The first-order chi connectivity index (χ1) is 19.0. The number of nitrogens with two attached hydrogens (primary N) is 1. The molecule has 4 rings (SSSR count). The lowest BCUT2D eigenvalue weighted by Crippen LogP contribution is -2.45. The van der Waals surface area contributed by atoms with Crippen molar-refractivity contribution in [2.45, 2.75) is 64.2 Å². The number of amides is 3. The molecule has 2 aromatic rings. The van der Waals surface area contributed by atoms with E-state index in [4.69, 9.17) is 17.3 Å². The second-order valence-electron chi connectivity index (χ2n) is 10.3. The fourth-order valence-corrected chi connectivity index (χ4v) is 4.76. The molecule has 1 aliphatic heterocycles. The van der Waals surface area contributed by atoms with Gasteiger partial charge in [0.05, 0.1) is 16.4 Å². The molecule has 4 N–H and O–H groups in total. The zero-order valence-corrected chi connectivity index (χ0v) is 23.1. The second-order valence-corrected chi connectivity index (χ2v) is 10.7. The van der Waals surface area contributed by atoms with Gasteiger partial charge in [-0.3, -0.25) is 14.4 Å². The highest BCUT2D eigenvalue weighted by atomic mass is 35.5. The summed E-state index contributed by atoms with van der Waals surface area (Å²) < 4.78 is 61.7. The Kier molecular flexibility index (Phi) is 10.1. The number of nitrogens with one attached hydrogen (secondary N) is 2. The number of benzene rings is 2. The van der Waals surface area contributed by atoms with Crippen LogP contribution >= 0.6 is 11.6 Å². The lowest BCUT2D eigenvalue weighted by atomic mass is 9.83. The highest BCUT2D eigenvalue weighted by Crippen LogP contribution is 2.41. The number of para-hydroxylation sites is 1. The lowest BCUT2D eigenvalue weighted by Gasteiger charge is -2.31. The van der Waals surface area contributed by atoms with Crippen LogP contribution in [-0.4, -0.2) is 41.7 Å². The van der Waals surface area contributed by atoms with E-state index >= 15 is 0 Å². The van der Waals surface area contributed by atoms with Crippen molar-refractivity contribution in [2.24, 2.45) is 22.6 Å². The highest BCUT2D eigenvalue weighted by Gasteiger charge is 2.42. The smallest absolute Gasteiger partial charge is 0.370 e. The van der Waals surface area contributed by atoms with E-state index < -0.39 is 61.2 Å². The van der Waals surface area contributed by atoms with Crippen molar-refractivity contribution >= 4 is 40.7 Å². The maximum absolute atomic E-state index is 12.9. The molecule has 1 fully saturated rings. The minimum Gasteiger partial charge on any atom is -0.370 e. The summed E-state index contributed by atoms with van der Waals surface area (Å²) in [5.74, 6) is -6.03. The number of aryl methyl sites for hydroxylation is 1. The maximum Gasteiger partial charge on any atom is 0.389 e. The first kappa shape index (κ1) is 32.0. The molecule has 2 atom stereocenters. The monoisotopic (exact) mass is 600 g/mol. The van der Waals surface area contributed by atoms with Gasteiger partial charge >= 0.3 is 6.18 Å². The summed E-state index contributed by atoms with van der Waals surface area (Å²) in [4.78, 5) is 41.5. The van der Waals surface area contributed by atoms with E-state index in [1.165, 1.54) is 0 Å². The summed E-state index contributed by atoms with van der Waals surface area (Å²) in [5, 5.41) is 5.23. The van der Waals surface area contributed by atoms with Crippen LogP contribution < -0.4 is 16.4 Å². The molecule has 3 amide bonds. The minimum absolute atomic E-state index is 0.104. The number of fused-ring (bicyclic) bond motifs is 1. The normalized spacial score (nSPS) is 18.8. The molecular weight excluding hydrogens is 571 g/mol. The van der Waals surface area contributed by atoms with Crippen molar-refractivity contribution in [2.75, 3.05) is 5.32 Å². The SMILES string of the molecule is CC1CC(F)(F)C1.Cc1cccc(C2=NC(NC(=O)C(CCC(F)(F)F)CC(N)=O)C(=O)Nc3c(Cl)cccc32)c1. The zero-order chi connectivity index (χ0) is 30.5. The number of hydrogen-bond acceptors (Lipinski definition) is 4. The van der Waals surface area contributed by atoms with Crippen molar-refractivity contribution in [1.29, 1.82) is 0 Å². The van der Waals surface area contributed by atoms with E-state index in [-0.39, 0.29) is 29.5 Å². The van der Waals surface area contributed by atoms with Gasteiger partial charge in [0.25, 0.3) is 5.91 Å². The first-order valence-electron chi connectivity index (χ1n) is 12.8. The largest absolute Gasteiger partial charge is 0.389 e. The van der Waals surface area contributed by atoms with Crippen LogP contribution in [0.3, 0.4) is 0 Å². The van der Waals surface area contributed by atoms with Gasteiger partial charge in [-0.25, -0.2) is 13.8 Å². The third-order valence-electron chi connectivity index (χ3n) is 6.48. The Morgan fingerprint density at radius 1 is 1.20 bits per heavy atom. The molecule has 0 saturated heterocycles. The summed E-state index contributed by atoms with van der Waals surface area (Å²) in [6.07, 6.45) is -8.34. The molecule has 41 heavy (non-hydrogen) atoms. The predicted molar refractivity (Wildman–Crippen MR) is 145 cm³/mol. The summed E-state index contributed by atoms with van der Waals surface area (Å²) in [5.41, 5.74) is 7.83. The summed E-state index contributed by atoms with van der Waals surface area (Å²) in [7, 11) is 0. The Bertz CT molecular complexity index is 1320. The van der Waals surface area contributed by atoms with Gasteiger partial charge in [-0.1, -0.05) is 54.4 Å². The molecule has 0 radical (unpaired) electrons. The number of aliphatic imine (C=N–C) groups is 1. The molecule has 222 valence electrons. The van der Waals surface area contributed by atoms with Crippen molar-refractivity contribution in [3.05, 3.63) is 64.2 Å². The molecule has 1 saturated carbocycles. The molecule has 1 heterocycles. The van der Waals surface area contributed by atoms with Gasteiger partial charge in [0, 0.05) is 42.7 Å². The average molecular weight is 601 g/mol. The van der Waals surface area contributed by atoms with Crippen LogP contribution in [0, 0.1) is 18.8 Å². The number of benzodiazepines with no additional fused rings is 1.